The van der Waals surface area contributed by atoms with Gasteiger partial charge in [0.2, 0.25) is 5.79 Å². The Kier molecular flexibility index (Phi) is 25.9. The lowest BCUT2D eigenvalue weighted by atomic mass is 9.81. The third-order valence-electron chi connectivity index (χ3n) is 16.6. The van der Waals surface area contributed by atoms with Gasteiger partial charge in [0.1, 0.15) is 60.7 Å². The zero-order valence-electron chi connectivity index (χ0n) is 47.1. The third-order valence-corrected chi connectivity index (χ3v) is 16.6. The van der Waals surface area contributed by atoms with Gasteiger partial charge in [0.15, 0.2) is 5.78 Å². The summed E-state index contributed by atoms with van der Waals surface area (Å²) in [6.45, 7) is 9.51. The van der Waals surface area contributed by atoms with Crippen LogP contribution in [0.3, 0.4) is 0 Å². The molecule has 5 aliphatic rings. The molecule has 7 N–H and O–H groups in total. The molecule has 20 nitrogen and oxygen atoms in total. The minimum absolute atomic E-state index is 0.00841. The number of carbonyl (C=O) groups excluding carboxylic acids is 5. The van der Waals surface area contributed by atoms with Gasteiger partial charge in [0.25, 0.3) is 11.7 Å². The summed E-state index contributed by atoms with van der Waals surface area (Å²) in [5.74, 6) is -8.53. The maximum atomic E-state index is 14.5. The van der Waals surface area contributed by atoms with Crippen LogP contribution in [-0.2, 0) is 57.1 Å². The molecule has 0 aromatic rings. The molecule has 442 valence electrons. The number of ketones is 3. The highest BCUT2D eigenvalue weighted by molar-refractivity contribution is 6.39. The second kappa shape index (κ2) is 31.0. The molecular weight excluding hydrogens is 1010 g/mol. The lowest BCUT2D eigenvalue weighted by Gasteiger charge is -2.43. The van der Waals surface area contributed by atoms with Gasteiger partial charge in [-0.25, -0.2) is 4.79 Å². The first kappa shape index (κ1) is 65.2. The van der Waals surface area contributed by atoms with E-state index >= 15 is 0 Å². The number of Topliss-reactive ketones (excluding diaryl/α,β-unsaturated/α-hetero) is 3. The molecule has 1 amide bonds. The first-order chi connectivity index (χ1) is 37.1. The van der Waals surface area contributed by atoms with Crippen LogP contribution >= 0.6 is 0 Å². The number of allylic oxidation sites excluding steroid dienone is 6. The Bertz CT molecular complexity index is 2090. The van der Waals surface area contributed by atoms with E-state index in [0.717, 1.165) is 11.3 Å². The Labute approximate surface area is 460 Å². The van der Waals surface area contributed by atoms with E-state index in [9.17, 15) is 59.7 Å². The molecule has 1 aliphatic carbocycles. The molecule has 1 saturated carbocycles. The van der Waals surface area contributed by atoms with Crippen LogP contribution in [0.4, 0.5) is 0 Å². The number of rotatable bonds is 12. The molecule has 2 bridgehead atoms. The molecule has 0 aromatic carbocycles. The summed E-state index contributed by atoms with van der Waals surface area (Å²) < 4.78 is 41.7. The van der Waals surface area contributed by atoms with Crippen molar-refractivity contribution in [2.75, 3.05) is 47.2 Å². The number of methoxy groups -OCH3 is 2. The van der Waals surface area contributed by atoms with Crippen LogP contribution in [0.1, 0.15) is 125 Å². The lowest BCUT2D eigenvalue weighted by molar-refractivity contribution is -0.267. The van der Waals surface area contributed by atoms with Gasteiger partial charge in [-0.3, -0.25) is 19.2 Å². The molecule has 0 radical (unpaired) electrons. The maximum Gasteiger partial charge on any atom is 0.329 e. The molecule has 3 saturated heterocycles. The highest BCUT2D eigenvalue weighted by atomic mass is 16.6. The standard InChI is InChI=1S/C58H91NO19/c1-33-14-10-9-11-15-34(2)45(75-32-48-52(66)53(67)51(65)47(31-61)77-48)30-41-20-17-38(6)58(71,78-41)55(68)56(69)59-23-13-12-16-42(59)57(70)76-40(21-18-39-19-22-44(74-25-24-60)46(28-39)72-7)29-43(62)35(3)27-37(5)50(64)54(73-8)49(63)36(4)26-33/h9-11,14-15,27,33,35-36,38-42,44-48,50-54,60-61,64-67,71H,12-13,16-26,28-32H2,1-8H3/b11-9+,14-10+,34-15+,37-27+/t33-,35-,36-,38-,39-,40-,41+,42+,44-,45+,46-,47-,48+,50-,51-,52+,53+,54+,58-/m1/s1. The van der Waals surface area contributed by atoms with Gasteiger partial charge in [0, 0.05) is 51.4 Å². The second-order valence-electron chi connectivity index (χ2n) is 22.6. The van der Waals surface area contributed by atoms with E-state index < -0.39 is 115 Å². The summed E-state index contributed by atoms with van der Waals surface area (Å²) in [5, 5.41) is 74.6. The molecule has 4 heterocycles. The largest absolute Gasteiger partial charge is 0.460 e. The smallest absolute Gasteiger partial charge is 0.329 e. The molecule has 0 aromatic heterocycles. The van der Waals surface area contributed by atoms with Gasteiger partial charge in [-0.2, -0.15) is 0 Å². The summed E-state index contributed by atoms with van der Waals surface area (Å²) in [4.78, 5) is 72.6. The summed E-state index contributed by atoms with van der Waals surface area (Å²) in [5.41, 5.74) is 0.987. The van der Waals surface area contributed by atoms with Gasteiger partial charge >= 0.3 is 5.97 Å². The van der Waals surface area contributed by atoms with Gasteiger partial charge in [-0.05, 0) is 107 Å². The number of aliphatic hydroxyl groups excluding tert-OH is 6. The maximum absolute atomic E-state index is 14.5. The molecule has 5 rings (SSSR count). The Hall–Kier alpha value is -3.61. The van der Waals surface area contributed by atoms with Gasteiger partial charge in [-0.15, -0.1) is 0 Å². The van der Waals surface area contributed by atoms with Crippen molar-refractivity contribution in [3.8, 4) is 0 Å². The summed E-state index contributed by atoms with van der Waals surface area (Å²) in [6, 6.07) is -1.22. The van der Waals surface area contributed by atoms with Crippen molar-refractivity contribution < 1.29 is 92.9 Å². The zero-order chi connectivity index (χ0) is 57.4. The molecule has 19 atom stereocenters. The quantitative estimate of drug-likeness (QED) is 0.0839. The van der Waals surface area contributed by atoms with Crippen molar-refractivity contribution in [3.63, 3.8) is 0 Å². The van der Waals surface area contributed by atoms with Crippen LogP contribution in [0.2, 0.25) is 0 Å². The molecule has 0 spiro atoms. The number of aliphatic hydroxyl groups is 7. The van der Waals surface area contributed by atoms with Crippen molar-refractivity contribution in [1.82, 2.24) is 4.90 Å². The SMILES string of the molecule is CO[C@@H]1C[C@H](CC[C@@H]2CC(=O)[C@H](C)/C=C(\C)[C@@H](O)[C@@H](OC)C(=O)[C@H](C)C[C@H](C)/C=C/C=C/C=C(\C)[C@@H](OC[C@@H]3O[C@H](CO)[C@@H](O)[C@H](O)[C@H]3O)C[C@@H]3CC[C@@H](C)[C@@](O)(O3)C(=O)C(=O)N3CCCC[C@H]3C(=O)O2)CC[C@H]1OCCO. The average molecular weight is 1110 g/mol. The number of cyclic esters (lactones) is 1. The molecular formula is C58H91NO19. The zero-order valence-corrected chi connectivity index (χ0v) is 47.1. The van der Waals surface area contributed by atoms with Crippen molar-refractivity contribution in [2.24, 2.45) is 29.6 Å². The molecule has 20 heteroatoms. The number of hydrogen-bond donors (Lipinski definition) is 7. The lowest BCUT2D eigenvalue weighted by Crippen LogP contribution is -2.61. The van der Waals surface area contributed by atoms with Crippen molar-refractivity contribution in [1.29, 1.82) is 0 Å². The Morgan fingerprint density at radius 2 is 1.50 bits per heavy atom. The topological polar surface area (TPSA) is 295 Å². The number of fused-ring (bicyclic) bond motifs is 3. The van der Waals surface area contributed by atoms with E-state index in [4.69, 9.17) is 33.2 Å². The van der Waals surface area contributed by atoms with Crippen molar-refractivity contribution >= 4 is 29.2 Å². The highest BCUT2D eigenvalue weighted by Gasteiger charge is 2.53. The van der Waals surface area contributed by atoms with Crippen LogP contribution in [-0.4, -0.2) is 202 Å². The third kappa shape index (κ3) is 17.2. The average Bonchev–Trinajstić information content (AvgIpc) is 3.42. The minimum atomic E-state index is -2.61. The fourth-order valence-electron chi connectivity index (χ4n) is 11.6. The van der Waals surface area contributed by atoms with E-state index in [0.29, 0.717) is 56.1 Å². The number of nitrogens with zero attached hydrogens (tertiary/aromatic N) is 1. The van der Waals surface area contributed by atoms with E-state index in [-0.39, 0.29) is 94.1 Å². The van der Waals surface area contributed by atoms with E-state index in [2.05, 4.69) is 0 Å². The van der Waals surface area contributed by atoms with Gasteiger partial charge in [-0.1, -0.05) is 64.2 Å². The fourth-order valence-corrected chi connectivity index (χ4v) is 11.6. The van der Waals surface area contributed by atoms with Crippen LogP contribution in [0.15, 0.2) is 47.6 Å². The summed E-state index contributed by atoms with van der Waals surface area (Å²) >= 11 is 0. The predicted octanol–water partition coefficient (Wildman–Crippen LogP) is 3.16. The minimum Gasteiger partial charge on any atom is -0.460 e. The number of hydrogen-bond acceptors (Lipinski definition) is 19. The van der Waals surface area contributed by atoms with Crippen LogP contribution < -0.4 is 0 Å². The summed E-state index contributed by atoms with van der Waals surface area (Å²) in [6.07, 6.45) is 2.74. The highest BCUT2D eigenvalue weighted by Crippen LogP contribution is 2.38. The molecule has 78 heavy (non-hydrogen) atoms. The first-order valence-electron chi connectivity index (χ1n) is 28.2. The van der Waals surface area contributed by atoms with Crippen LogP contribution in [0.5, 0.6) is 0 Å². The summed E-state index contributed by atoms with van der Waals surface area (Å²) in [7, 11) is 2.95. The second-order valence-corrected chi connectivity index (χ2v) is 22.6. The molecule has 4 fully saturated rings. The number of esters is 1. The van der Waals surface area contributed by atoms with Gasteiger partial charge < -0.3 is 73.8 Å². The molecule has 0 unspecified atom stereocenters. The van der Waals surface area contributed by atoms with E-state index in [1.165, 1.54) is 7.11 Å². The van der Waals surface area contributed by atoms with Crippen LogP contribution in [0, 0.1) is 29.6 Å². The first-order valence-corrected chi connectivity index (χ1v) is 28.2. The monoisotopic (exact) mass is 1110 g/mol. The van der Waals surface area contributed by atoms with Crippen molar-refractivity contribution in [3.05, 3.63) is 47.6 Å². The predicted molar refractivity (Wildman–Crippen MR) is 284 cm³/mol. The fraction of sp³-hybridized carbons (Fsp3) is 0.776. The Balaban J connectivity index is 1.47. The Morgan fingerprint density at radius 3 is 2.19 bits per heavy atom. The normalized spacial score (nSPS) is 41.2. The number of carbonyl (C=O) groups is 5. The Morgan fingerprint density at radius 1 is 0.769 bits per heavy atom. The van der Waals surface area contributed by atoms with Crippen molar-refractivity contribution in [2.45, 2.75) is 210 Å². The van der Waals surface area contributed by atoms with E-state index in [1.54, 1.807) is 66.0 Å². The molecule has 4 aliphatic heterocycles. The number of amides is 1. The van der Waals surface area contributed by atoms with Gasteiger partial charge in [0.05, 0.1) is 50.8 Å². The van der Waals surface area contributed by atoms with E-state index in [1.807, 2.05) is 19.1 Å². The van der Waals surface area contributed by atoms with Crippen LogP contribution in [0.25, 0.3) is 0 Å². The number of piperidine rings is 1. The number of ether oxygens (including phenoxy) is 7.